The molecule has 0 spiro atoms. The molecular weight excluding hydrogens is 137 g/mol. The van der Waals surface area contributed by atoms with Crippen LogP contribution in [0.25, 0.3) is 0 Å². The van der Waals surface area contributed by atoms with E-state index < -0.39 is 12.4 Å². The largest absolute Gasteiger partial charge is 0.376 e. The molecule has 0 bridgehead atoms. The molecule has 1 aliphatic rings. The molecular formula is C5H12NO2P. The van der Waals surface area contributed by atoms with Crippen LogP contribution in [0.3, 0.4) is 0 Å². The summed E-state index contributed by atoms with van der Waals surface area (Å²) in [5, 5.41) is -0.507. The Labute approximate surface area is 54.9 Å². The molecule has 0 radical (unpaired) electrons. The Bertz CT molecular complexity index is 158. The van der Waals surface area contributed by atoms with Crippen molar-refractivity contribution in [3.63, 3.8) is 0 Å². The van der Waals surface area contributed by atoms with E-state index in [1.54, 1.807) is 13.3 Å². The minimum atomic E-state index is -2.13. The van der Waals surface area contributed by atoms with Crippen LogP contribution in [0.2, 0.25) is 0 Å². The van der Waals surface area contributed by atoms with Crippen LogP contribution in [-0.4, -0.2) is 31.8 Å². The van der Waals surface area contributed by atoms with E-state index >= 15 is 0 Å². The van der Waals surface area contributed by atoms with E-state index in [-0.39, 0.29) is 0 Å². The van der Waals surface area contributed by atoms with Crippen molar-refractivity contribution in [1.29, 1.82) is 0 Å². The highest BCUT2D eigenvalue weighted by Gasteiger charge is 2.44. The molecule has 0 aromatic carbocycles. The molecule has 1 rings (SSSR count). The maximum absolute atomic E-state index is 11.3. The maximum Gasteiger partial charge on any atom is 0.116 e. The SMILES string of the molecule is CP(C)(=O)C1(N)COC1. The Morgan fingerprint density at radius 3 is 2.00 bits per heavy atom. The van der Waals surface area contributed by atoms with Crippen LogP contribution >= 0.6 is 7.14 Å². The first-order chi connectivity index (χ1) is 3.96. The van der Waals surface area contributed by atoms with Gasteiger partial charge in [0.1, 0.15) is 12.4 Å². The third-order valence-electron chi connectivity index (χ3n) is 1.78. The van der Waals surface area contributed by atoms with Gasteiger partial charge in [0.25, 0.3) is 0 Å². The molecule has 2 N–H and O–H groups in total. The fourth-order valence-electron chi connectivity index (χ4n) is 0.622. The first-order valence-corrected chi connectivity index (χ1v) is 5.47. The highest BCUT2D eigenvalue weighted by Crippen LogP contribution is 2.51. The van der Waals surface area contributed by atoms with Crippen molar-refractivity contribution in [3.8, 4) is 0 Å². The van der Waals surface area contributed by atoms with Gasteiger partial charge in [0.05, 0.1) is 13.2 Å². The third kappa shape index (κ3) is 1.05. The van der Waals surface area contributed by atoms with Gasteiger partial charge >= 0.3 is 0 Å². The third-order valence-corrected chi connectivity index (χ3v) is 4.18. The lowest BCUT2D eigenvalue weighted by Gasteiger charge is -2.40. The number of ether oxygens (including phenoxy) is 1. The van der Waals surface area contributed by atoms with Crippen LogP contribution in [-0.2, 0) is 9.30 Å². The van der Waals surface area contributed by atoms with E-state index in [1.807, 2.05) is 0 Å². The quantitative estimate of drug-likeness (QED) is 0.545. The fraction of sp³-hybridized carbons (Fsp3) is 1.00. The summed E-state index contributed by atoms with van der Waals surface area (Å²) in [4.78, 5) is 0. The summed E-state index contributed by atoms with van der Waals surface area (Å²) < 4.78 is 16.2. The van der Waals surface area contributed by atoms with Crippen LogP contribution in [0.5, 0.6) is 0 Å². The summed E-state index contributed by atoms with van der Waals surface area (Å²) >= 11 is 0. The van der Waals surface area contributed by atoms with E-state index in [0.717, 1.165) is 0 Å². The standard InChI is InChI=1S/C5H12NO2P/c1-9(2,7)5(6)3-8-4-5/h3-4,6H2,1-2H3. The predicted molar refractivity (Wildman–Crippen MR) is 37.2 cm³/mol. The van der Waals surface area contributed by atoms with Crippen molar-refractivity contribution in [1.82, 2.24) is 0 Å². The second kappa shape index (κ2) is 1.82. The molecule has 0 aliphatic carbocycles. The molecule has 1 fully saturated rings. The van der Waals surface area contributed by atoms with Gasteiger partial charge in [-0.1, -0.05) is 0 Å². The molecule has 1 aliphatic heterocycles. The Balaban J connectivity index is 2.71. The summed E-state index contributed by atoms with van der Waals surface area (Å²) in [6, 6.07) is 0. The molecule has 0 aromatic rings. The molecule has 54 valence electrons. The van der Waals surface area contributed by atoms with Gasteiger partial charge in [-0.25, -0.2) is 0 Å². The molecule has 0 atom stereocenters. The Kier molecular flexibility index (Phi) is 1.46. The number of nitrogens with two attached hydrogens (primary N) is 1. The van der Waals surface area contributed by atoms with Gasteiger partial charge in [-0.15, -0.1) is 0 Å². The van der Waals surface area contributed by atoms with Gasteiger partial charge < -0.3 is 15.0 Å². The number of hydrogen-bond donors (Lipinski definition) is 1. The first kappa shape index (κ1) is 7.26. The fourth-order valence-corrected chi connectivity index (χ4v) is 1.43. The summed E-state index contributed by atoms with van der Waals surface area (Å²) in [6.45, 7) is 4.32. The Morgan fingerprint density at radius 2 is 2.00 bits per heavy atom. The number of hydrogen-bond acceptors (Lipinski definition) is 3. The van der Waals surface area contributed by atoms with E-state index in [9.17, 15) is 4.57 Å². The van der Waals surface area contributed by atoms with E-state index in [4.69, 9.17) is 10.5 Å². The maximum atomic E-state index is 11.3. The van der Waals surface area contributed by atoms with E-state index in [1.165, 1.54) is 0 Å². The molecule has 4 heteroatoms. The summed E-state index contributed by atoms with van der Waals surface area (Å²) in [6.07, 6.45) is 0. The second-order valence-electron chi connectivity index (χ2n) is 2.95. The van der Waals surface area contributed by atoms with Gasteiger partial charge in [0, 0.05) is 0 Å². The minimum Gasteiger partial charge on any atom is -0.376 e. The van der Waals surface area contributed by atoms with Gasteiger partial charge in [-0.05, 0) is 13.3 Å². The Morgan fingerprint density at radius 1 is 1.56 bits per heavy atom. The average molecular weight is 149 g/mol. The smallest absolute Gasteiger partial charge is 0.116 e. The van der Waals surface area contributed by atoms with Gasteiger partial charge in [0.2, 0.25) is 0 Å². The van der Waals surface area contributed by atoms with Crippen molar-refractivity contribution in [2.24, 2.45) is 5.73 Å². The van der Waals surface area contributed by atoms with Crippen LogP contribution in [0, 0.1) is 0 Å². The van der Waals surface area contributed by atoms with Crippen molar-refractivity contribution in [2.45, 2.75) is 5.28 Å². The predicted octanol–water partition coefficient (Wildman–Crippen LogP) is 0.294. The normalized spacial score (nSPS) is 25.2. The molecule has 1 heterocycles. The lowest BCUT2D eigenvalue weighted by Crippen LogP contribution is -2.56. The minimum absolute atomic E-state index is 0.456. The van der Waals surface area contributed by atoms with Gasteiger partial charge in [-0.2, -0.15) is 0 Å². The summed E-state index contributed by atoms with van der Waals surface area (Å²) in [5.41, 5.74) is 5.69. The summed E-state index contributed by atoms with van der Waals surface area (Å²) in [7, 11) is -2.13. The van der Waals surface area contributed by atoms with Crippen molar-refractivity contribution < 1.29 is 9.30 Å². The lowest BCUT2D eigenvalue weighted by atomic mass is 10.3. The zero-order chi connectivity index (χ0) is 7.12. The van der Waals surface area contributed by atoms with Crippen LogP contribution in [0.4, 0.5) is 0 Å². The zero-order valence-electron chi connectivity index (χ0n) is 5.76. The van der Waals surface area contributed by atoms with Crippen LogP contribution < -0.4 is 5.73 Å². The van der Waals surface area contributed by atoms with Crippen molar-refractivity contribution in [3.05, 3.63) is 0 Å². The molecule has 1 saturated heterocycles. The van der Waals surface area contributed by atoms with Crippen molar-refractivity contribution >= 4 is 7.14 Å². The molecule has 0 amide bonds. The second-order valence-corrected chi connectivity index (χ2v) is 6.54. The van der Waals surface area contributed by atoms with E-state index in [2.05, 4.69) is 0 Å². The zero-order valence-corrected chi connectivity index (χ0v) is 6.65. The highest BCUT2D eigenvalue weighted by atomic mass is 31.2. The molecule has 0 unspecified atom stereocenters. The first-order valence-electron chi connectivity index (χ1n) is 2.87. The van der Waals surface area contributed by atoms with E-state index in [0.29, 0.717) is 13.2 Å². The molecule has 3 nitrogen and oxygen atoms in total. The topological polar surface area (TPSA) is 52.3 Å². The Hall–Kier alpha value is 0.150. The molecule has 0 saturated carbocycles. The summed E-state index contributed by atoms with van der Waals surface area (Å²) in [5.74, 6) is 0. The lowest BCUT2D eigenvalue weighted by molar-refractivity contribution is -0.0114. The molecule has 9 heavy (non-hydrogen) atoms. The van der Waals surface area contributed by atoms with Gasteiger partial charge in [-0.3, -0.25) is 0 Å². The van der Waals surface area contributed by atoms with Crippen LogP contribution in [0.1, 0.15) is 0 Å². The average Bonchev–Trinajstić information content (AvgIpc) is 1.57. The monoisotopic (exact) mass is 149 g/mol. The van der Waals surface area contributed by atoms with Crippen LogP contribution in [0.15, 0.2) is 0 Å². The molecule has 0 aromatic heterocycles. The highest BCUT2D eigenvalue weighted by molar-refractivity contribution is 7.64. The van der Waals surface area contributed by atoms with Crippen molar-refractivity contribution in [2.75, 3.05) is 26.5 Å². The number of rotatable bonds is 1. The van der Waals surface area contributed by atoms with Gasteiger partial charge in [0.15, 0.2) is 0 Å².